The van der Waals surface area contributed by atoms with Crippen LogP contribution in [0, 0.1) is 0 Å². The molecule has 0 saturated carbocycles. The van der Waals surface area contributed by atoms with Crippen molar-refractivity contribution in [3.8, 4) is 0 Å². The van der Waals surface area contributed by atoms with Crippen LogP contribution in [-0.2, 0) is 9.53 Å². The number of hydrogen-bond donors (Lipinski definition) is 0. The summed E-state index contributed by atoms with van der Waals surface area (Å²) in [5.41, 5.74) is 1.18. The molecule has 19 heavy (non-hydrogen) atoms. The van der Waals surface area contributed by atoms with Gasteiger partial charge in [0.05, 0.1) is 7.11 Å². The highest BCUT2D eigenvalue weighted by Crippen LogP contribution is 2.19. The zero-order valence-electron chi connectivity index (χ0n) is 10.9. The van der Waals surface area contributed by atoms with Crippen molar-refractivity contribution in [2.75, 3.05) is 38.2 Å². The molecule has 0 unspecified atom stereocenters. The molecule has 1 aliphatic heterocycles. The van der Waals surface area contributed by atoms with Gasteiger partial charge in [-0.1, -0.05) is 11.6 Å². The highest BCUT2D eigenvalue weighted by atomic mass is 35.5. The minimum atomic E-state index is -0.319. The molecule has 1 heterocycles. The van der Waals surface area contributed by atoms with Gasteiger partial charge in [-0.25, -0.2) is 4.79 Å². The van der Waals surface area contributed by atoms with E-state index in [2.05, 4.69) is 14.5 Å². The van der Waals surface area contributed by atoms with Gasteiger partial charge in [-0.2, -0.15) is 0 Å². The number of carbonyl (C=O) groups is 1. The zero-order valence-corrected chi connectivity index (χ0v) is 11.6. The van der Waals surface area contributed by atoms with Crippen molar-refractivity contribution in [1.82, 2.24) is 4.90 Å². The lowest BCUT2D eigenvalue weighted by atomic mass is 10.2. The fourth-order valence-electron chi connectivity index (χ4n) is 2.02. The molecule has 1 aromatic rings. The van der Waals surface area contributed by atoms with Crippen LogP contribution in [0.4, 0.5) is 5.69 Å². The lowest BCUT2D eigenvalue weighted by molar-refractivity contribution is -0.134. The van der Waals surface area contributed by atoms with Crippen LogP contribution in [0.5, 0.6) is 0 Å². The molecule has 5 heteroatoms. The molecule has 4 nitrogen and oxygen atoms in total. The molecule has 0 atom stereocenters. The first kappa shape index (κ1) is 13.7. The summed E-state index contributed by atoms with van der Waals surface area (Å²) in [5, 5.41) is 0.753. The number of ether oxygens (including phenoxy) is 1. The summed E-state index contributed by atoms with van der Waals surface area (Å²) in [6, 6.07) is 7.87. The maximum Gasteiger partial charge on any atom is 0.331 e. The topological polar surface area (TPSA) is 32.8 Å². The van der Waals surface area contributed by atoms with Crippen LogP contribution in [0.2, 0.25) is 5.02 Å². The molecular weight excluding hydrogens is 264 g/mol. The molecule has 0 radical (unpaired) electrons. The lowest BCUT2D eigenvalue weighted by Gasteiger charge is -2.35. The Morgan fingerprint density at radius 3 is 2.42 bits per heavy atom. The maximum atomic E-state index is 11.0. The van der Waals surface area contributed by atoms with Gasteiger partial charge in [-0.3, -0.25) is 0 Å². The number of carbonyl (C=O) groups excluding carboxylic acids is 1. The van der Waals surface area contributed by atoms with Gasteiger partial charge in [0.2, 0.25) is 0 Å². The van der Waals surface area contributed by atoms with Crippen LogP contribution in [0.15, 0.2) is 36.5 Å². The zero-order chi connectivity index (χ0) is 13.7. The maximum absolute atomic E-state index is 11.0. The van der Waals surface area contributed by atoms with Crippen molar-refractivity contribution < 1.29 is 9.53 Å². The number of benzene rings is 1. The van der Waals surface area contributed by atoms with Gasteiger partial charge in [0.15, 0.2) is 0 Å². The van der Waals surface area contributed by atoms with E-state index < -0.39 is 0 Å². The van der Waals surface area contributed by atoms with Crippen molar-refractivity contribution in [3.63, 3.8) is 0 Å². The second-order valence-electron chi connectivity index (χ2n) is 4.34. The van der Waals surface area contributed by atoms with E-state index in [4.69, 9.17) is 11.6 Å². The van der Waals surface area contributed by atoms with Gasteiger partial charge < -0.3 is 14.5 Å². The Kier molecular flexibility index (Phi) is 4.68. The molecule has 1 saturated heterocycles. The Morgan fingerprint density at radius 1 is 1.21 bits per heavy atom. The summed E-state index contributed by atoms with van der Waals surface area (Å²) in [7, 11) is 1.38. The Morgan fingerprint density at radius 2 is 1.84 bits per heavy atom. The first-order chi connectivity index (χ1) is 9.19. The SMILES string of the molecule is COC(=O)C=CN1CCN(c2ccc(Cl)cc2)CC1. The number of esters is 1. The number of methoxy groups -OCH3 is 1. The van der Waals surface area contributed by atoms with Gasteiger partial charge in [0.1, 0.15) is 0 Å². The summed E-state index contributed by atoms with van der Waals surface area (Å²) in [5.74, 6) is -0.319. The van der Waals surface area contributed by atoms with Gasteiger partial charge >= 0.3 is 5.97 Å². The Labute approximate surface area is 118 Å². The summed E-state index contributed by atoms with van der Waals surface area (Å²) in [6.07, 6.45) is 3.25. The largest absolute Gasteiger partial charge is 0.466 e. The highest BCUT2D eigenvalue weighted by Gasteiger charge is 2.14. The van der Waals surface area contributed by atoms with E-state index in [0.29, 0.717) is 0 Å². The van der Waals surface area contributed by atoms with Gasteiger partial charge in [-0.05, 0) is 24.3 Å². The molecule has 0 N–H and O–H groups in total. The number of hydrogen-bond acceptors (Lipinski definition) is 4. The standard InChI is InChI=1S/C14H17ClN2O2/c1-19-14(18)6-7-16-8-10-17(11-9-16)13-4-2-12(15)3-5-13/h2-7H,8-11H2,1H3. The molecule has 1 aromatic carbocycles. The van der Waals surface area contributed by atoms with E-state index in [0.717, 1.165) is 31.2 Å². The van der Waals surface area contributed by atoms with Crippen LogP contribution >= 0.6 is 11.6 Å². The monoisotopic (exact) mass is 280 g/mol. The fraction of sp³-hybridized carbons (Fsp3) is 0.357. The molecule has 0 aliphatic carbocycles. The number of rotatable bonds is 3. The third-order valence-corrected chi connectivity index (χ3v) is 3.38. The molecule has 0 aromatic heterocycles. The molecule has 0 spiro atoms. The molecule has 2 rings (SSSR count). The van der Waals surface area contributed by atoms with Crippen LogP contribution in [0.3, 0.4) is 0 Å². The van der Waals surface area contributed by atoms with Gasteiger partial charge in [-0.15, -0.1) is 0 Å². The second kappa shape index (κ2) is 6.48. The van der Waals surface area contributed by atoms with Crippen LogP contribution < -0.4 is 4.90 Å². The first-order valence-corrected chi connectivity index (χ1v) is 6.57. The normalized spacial score (nSPS) is 15.9. The van der Waals surface area contributed by atoms with Gasteiger partial charge in [0.25, 0.3) is 0 Å². The van der Waals surface area contributed by atoms with Crippen LogP contribution in [-0.4, -0.2) is 44.2 Å². The van der Waals surface area contributed by atoms with E-state index in [1.165, 1.54) is 18.9 Å². The van der Waals surface area contributed by atoms with Crippen molar-refractivity contribution >= 4 is 23.3 Å². The molecule has 0 amide bonds. The third-order valence-electron chi connectivity index (χ3n) is 3.13. The second-order valence-corrected chi connectivity index (χ2v) is 4.77. The average molecular weight is 281 g/mol. The molecule has 1 aliphatic rings. The van der Waals surface area contributed by atoms with E-state index in [1.54, 1.807) is 6.20 Å². The van der Waals surface area contributed by atoms with E-state index >= 15 is 0 Å². The van der Waals surface area contributed by atoms with Crippen molar-refractivity contribution in [3.05, 3.63) is 41.6 Å². The predicted molar refractivity (Wildman–Crippen MR) is 76.4 cm³/mol. The summed E-state index contributed by atoms with van der Waals surface area (Å²) >= 11 is 5.88. The number of piperazine rings is 1. The fourth-order valence-corrected chi connectivity index (χ4v) is 2.14. The summed E-state index contributed by atoms with van der Waals surface area (Å²) < 4.78 is 4.57. The van der Waals surface area contributed by atoms with Crippen LogP contribution in [0.1, 0.15) is 0 Å². The Balaban J connectivity index is 1.87. The quantitative estimate of drug-likeness (QED) is 0.627. The molecular formula is C14H17ClN2O2. The van der Waals surface area contributed by atoms with Crippen molar-refractivity contribution in [2.45, 2.75) is 0 Å². The Hall–Kier alpha value is -1.68. The summed E-state index contributed by atoms with van der Waals surface area (Å²) in [4.78, 5) is 15.4. The van der Waals surface area contributed by atoms with Crippen molar-refractivity contribution in [1.29, 1.82) is 0 Å². The highest BCUT2D eigenvalue weighted by molar-refractivity contribution is 6.30. The van der Waals surface area contributed by atoms with E-state index in [1.807, 2.05) is 24.3 Å². The Bertz CT molecular complexity index is 451. The summed E-state index contributed by atoms with van der Waals surface area (Å²) in [6.45, 7) is 3.62. The molecule has 0 bridgehead atoms. The smallest absolute Gasteiger partial charge is 0.331 e. The van der Waals surface area contributed by atoms with E-state index in [9.17, 15) is 4.79 Å². The minimum absolute atomic E-state index is 0.319. The van der Waals surface area contributed by atoms with Crippen LogP contribution in [0.25, 0.3) is 0 Å². The third kappa shape index (κ3) is 3.89. The molecule has 102 valence electrons. The number of halogens is 1. The average Bonchev–Trinajstić information content (AvgIpc) is 2.46. The van der Waals surface area contributed by atoms with E-state index in [-0.39, 0.29) is 5.97 Å². The molecule has 1 fully saturated rings. The lowest BCUT2D eigenvalue weighted by Crippen LogP contribution is -2.44. The first-order valence-electron chi connectivity index (χ1n) is 6.20. The van der Waals surface area contributed by atoms with Crippen molar-refractivity contribution in [2.24, 2.45) is 0 Å². The number of nitrogens with zero attached hydrogens (tertiary/aromatic N) is 2. The number of anilines is 1. The minimum Gasteiger partial charge on any atom is -0.466 e. The predicted octanol–water partition coefficient (Wildman–Crippen LogP) is 2.15. The van der Waals surface area contributed by atoms with Gasteiger partial charge in [0, 0.05) is 49.2 Å².